The molecule has 88 heavy (non-hydrogen) atoms. The van der Waals surface area contributed by atoms with Crippen molar-refractivity contribution in [2.45, 2.75) is 200 Å². The van der Waals surface area contributed by atoms with E-state index >= 15 is 0 Å². The number of hydrogen-bond donors (Lipinski definition) is 8. The van der Waals surface area contributed by atoms with Crippen molar-refractivity contribution in [3.05, 3.63) is 0 Å². The SMILES string of the molecule is CCC(=O)CCCCCCC(=O)NCCOCCOCCOCCO[C@@H]1S[C@@H](CCCCC(=O)O)[C@H]2NC(=O)N[C@H]21.O=C(O)CCCC[C@@H]1S[C@@H](OCCOCCOCCOCCNC(=O)CCCCCCC(=O)ON2C(=O)CCC2=O)[C@@H]2NC(=O)N[C@@H]21. The van der Waals surface area contributed by atoms with Crippen LogP contribution in [-0.4, -0.2) is 226 Å². The molecule has 5 saturated heterocycles. The molecule has 30 heteroatoms. The Kier molecular flexibility index (Phi) is 39.7. The van der Waals surface area contributed by atoms with Crippen molar-refractivity contribution in [1.82, 2.24) is 37.0 Å². The first-order chi connectivity index (χ1) is 42.6. The average Bonchev–Trinajstić information content (AvgIpc) is 1.90. The smallest absolute Gasteiger partial charge is 0.333 e. The Labute approximate surface area is 524 Å². The van der Waals surface area contributed by atoms with Gasteiger partial charge in [0, 0.05) is 81.4 Å². The first-order valence-corrected chi connectivity index (χ1v) is 33.2. The minimum atomic E-state index is -0.797. The number of fused-ring (bicyclic) bond motifs is 2. The third kappa shape index (κ3) is 32.7. The van der Waals surface area contributed by atoms with E-state index in [0.29, 0.717) is 168 Å². The molecule has 502 valence electrons. The number of thioether (sulfide) groups is 2. The highest BCUT2D eigenvalue weighted by Gasteiger charge is 2.51. The van der Waals surface area contributed by atoms with Crippen molar-refractivity contribution in [1.29, 1.82) is 0 Å². The predicted octanol–water partition coefficient (Wildman–Crippen LogP) is 3.88. The van der Waals surface area contributed by atoms with Crippen molar-refractivity contribution >= 4 is 82.9 Å². The van der Waals surface area contributed by atoms with Gasteiger partial charge in [-0.15, -0.1) is 28.6 Å². The van der Waals surface area contributed by atoms with Gasteiger partial charge >= 0.3 is 30.0 Å². The molecule has 8 N–H and O–H groups in total. The minimum absolute atomic E-state index is 0.0139. The second kappa shape index (κ2) is 46.2. The molecule has 0 saturated carbocycles. The lowest BCUT2D eigenvalue weighted by atomic mass is 10.0. The predicted molar refractivity (Wildman–Crippen MR) is 322 cm³/mol. The summed E-state index contributed by atoms with van der Waals surface area (Å²) in [4.78, 5) is 120. The van der Waals surface area contributed by atoms with Crippen LogP contribution in [0.2, 0.25) is 0 Å². The van der Waals surface area contributed by atoms with Crippen molar-refractivity contribution in [2.75, 3.05) is 106 Å². The van der Waals surface area contributed by atoms with Gasteiger partial charge in [0.2, 0.25) is 11.8 Å². The molecule has 5 aliphatic heterocycles. The van der Waals surface area contributed by atoms with Crippen LogP contribution in [0.25, 0.3) is 0 Å². The summed E-state index contributed by atoms with van der Waals surface area (Å²) in [6, 6.07) is -0.667. The molecule has 0 spiro atoms. The summed E-state index contributed by atoms with van der Waals surface area (Å²) in [6.07, 6.45) is 13.6. The molecule has 5 heterocycles. The number of nitrogens with zero attached hydrogens (tertiary/aromatic N) is 1. The Bertz CT molecular complexity index is 2110. The number of rotatable bonds is 52. The van der Waals surface area contributed by atoms with Gasteiger partial charge < -0.3 is 84.8 Å². The Morgan fingerprint density at radius 3 is 1.20 bits per heavy atom. The average molecular weight is 1290 g/mol. The molecule has 0 radical (unpaired) electrons. The molecule has 0 unspecified atom stereocenters. The van der Waals surface area contributed by atoms with Crippen LogP contribution in [0.1, 0.15) is 155 Å². The second-order valence-electron chi connectivity index (χ2n) is 21.6. The maximum atomic E-state index is 11.9. The van der Waals surface area contributed by atoms with E-state index in [1.807, 2.05) is 6.92 Å². The fourth-order valence-electron chi connectivity index (χ4n) is 9.96. The van der Waals surface area contributed by atoms with Crippen LogP contribution in [0.5, 0.6) is 0 Å². The van der Waals surface area contributed by atoms with E-state index < -0.39 is 29.7 Å². The van der Waals surface area contributed by atoms with Gasteiger partial charge in [0.25, 0.3) is 11.8 Å². The summed E-state index contributed by atoms with van der Waals surface area (Å²) < 4.78 is 45.0. The topological polar surface area (TPSA) is 370 Å². The van der Waals surface area contributed by atoms with Gasteiger partial charge in [0.15, 0.2) is 0 Å². The number of aliphatic carboxylic acids is 2. The second-order valence-corrected chi connectivity index (χ2v) is 24.3. The lowest BCUT2D eigenvalue weighted by Gasteiger charge is -2.17. The highest BCUT2D eigenvalue weighted by Crippen LogP contribution is 2.41. The molecular formula is C58H97N7O21S2. The number of ketones is 1. The van der Waals surface area contributed by atoms with Gasteiger partial charge in [0.1, 0.15) is 16.7 Å². The fraction of sp³-hybridized carbons (Fsp3) is 0.828. The van der Waals surface area contributed by atoms with Crippen LogP contribution in [0.4, 0.5) is 9.59 Å². The summed E-state index contributed by atoms with van der Waals surface area (Å²) in [5.74, 6) is -2.91. The standard InChI is InChI=1S/C30H48N4O12S.C28H49N3O9S/c35-22(8-3-1-2-4-10-26(40)46-34-23(36)11-12-24(34)37)31-13-14-42-15-16-43-17-18-44-19-20-45-29-28-27(32-30(41)33-28)21(47-29)7-5-6-9-25(38)39;1-2-21(32)9-5-3-4-6-11-23(33)29-13-14-37-15-16-38-17-18-39-19-20-40-27-26-25(30-28(36)31-26)22(41-27)10-7-8-12-24(34)35/h21,27-29H,1-20H2,(H,31,35)(H,38,39)(H2,32,33,41);22,25-27H,2-20H2,1H3,(H,29,33)(H,34,35)(H2,30,31,36)/t21-,27+,28+,29+;22-,25+,26+,27+/m00/s1. The first kappa shape index (κ1) is 75.5. The van der Waals surface area contributed by atoms with Crippen molar-refractivity contribution in [3.63, 3.8) is 0 Å². The molecule has 8 atom stereocenters. The number of carboxylic acid groups (broad SMARTS) is 2. The lowest BCUT2D eigenvalue weighted by molar-refractivity contribution is -0.197. The summed E-state index contributed by atoms with van der Waals surface area (Å²) in [6.45, 7) is 8.47. The van der Waals surface area contributed by atoms with Gasteiger partial charge in [-0.05, 0) is 51.4 Å². The zero-order valence-electron chi connectivity index (χ0n) is 51.1. The number of carbonyl (C=O) groups excluding carboxylic acids is 8. The maximum absolute atomic E-state index is 11.9. The fourth-order valence-corrected chi connectivity index (χ4v) is 13.2. The zero-order chi connectivity index (χ0) is 63.6. The highest BCUT2D eigenvalue weighted by atomic mass is 32.2. The molecule has 0 aromatic heterocycles. The largest absolute Gasteiger partial charge is 0.481 e. The van der Waals surface area contributed by atoms with E-state index in [9.17, 15) is 47.9 Å². The van der Waals surface area contributed by atoms with E-state index in [4.69, 9.17) is 52.9 Å². The van der Waals surface area contributed by atoms with E-state index in [-0.39, 0.29) is 102 Å². The quantitative estimate of drug-likeness (QED) is 0.0243. The molecule has 8 amide bonds. The van der Waals surface area contributed by atoms with Crippen molar-refractivity contribution < 1.29 is 101 Å². The van der Waals surface area contributed by atoms with Crippen LogP contribution < -0.4 is 31.9 Å². The van der Waals surface area contributed by atoms with Gasteiger partial charge in [0.05, 0.1) is 117 Å². The maximum Gasteiger partial charge on any atom is 0.333 e. The molecule has 0 aromatic carbocycles. The number of carboxylic acids is 2. The van der Waals surface area contributed by atoms with E-state index in [0.717, 1.165) is 64.2 Å². The molecular weight excluding hydrogens is 1190 g/mol. The zero-order valence-corrected chi connectivity index (χ0v) is 52.7. The number of urea groups is 2. The van der Waals surface area contributed by atoms with E-state index in [1.54, 1.807) is 23.5 Å². The third-order valence-electron chi connectivity index (χ3n) is 14.6. The number of amides is 8. The molecule has 5 fully saturated rings. The first-order valence-electron chi connectivity index (χ1n) is 31.3. The number of Topliss-reactive ketones (excluding diaryl/α,β-unsaturated/α-hetero) is 1. The molecule has 0 aromatic rings. The van der Waals surface area contributed by atoms with E-state index in [2.05, 4.69) is 31.9 Å². The van der Waals surface area contributed by atoms with E-state index in [1.165, 1.54) is 0 Å². The molecule has 28 nitrogen and oxygen atoms in total. The van der Waals surface area contributed by atoms with Crippen LogP contribution in [0.15, 0.2) is 0 Å². The number of hydrogen-bond acceptors (Lipinski definition) is 21. The minimum Gasteiger partial charge on any atom is -0.481 e. The monoisotopic (exact) mass is 1290 g/mol. The summed E-state index contributed by atoms with van der Waals surface area (Å²) in [7, 11) is 0. The normalized spacial score (nSPS) is 21.6. The number of hydroxylamine groups is 2. The van der Waals surface area contributed by atoms with Gasteiger partial charge in [-0.1, -0.05) is 45.4 Å². The highest BCUT2D eigenvalue weighted by molar-refractivity contribution is 8.01. The molecule has 0 aliphatic carbocycles. The summed E-state index contributed by atoms with van der Waals surface area (Å²) in [5.41, 5.74) is -0.358. The number of nitrogens with one attached hydrogen (secondary N) is 6. The molecule has 5 rings (SSSR count). The number of ether oxygens (including phenoxy) is 8. The number of carbonyl (C=O) groups is 10. The van der Waals surface area contributed by atoms with Gasteiger partial charge in [-0.25, -0.2) is 14.4 Å². The van der Waals surface area contributed by atoms with Crippen LogP contribution in [0, 0.1) is 0 Å². The third-order valence-corrected chi connectivity index (χ3v) is 17.8. The van der Waals surface area contributed by atoms with Crippen LogP contribution in [-0.2, 0) is 81.1 Å². The van der Waals surface area contributed by atoms with Crippen LogP contribution >= 0.6 is 23.5 Å². The molecule has 0 bridgehead atoms. The Morgan fingerprint density at radius 1 is 0.455 bits per heavy atom. The lowest BCUT2D eigenvalue weighted by Crippen LogP contribution is -2.40. The van der Waals surface area contributed by atoms with Gasteiger partial charge in [-0.2, -0.15) is 0 Å². The van der Waals surface area contributed by atoms with Gasteiger partial charge in [-0.3, -0.25) is 33.6 Å². The van der Waals surface area contributed by atoms with Crippen LogP contribution in [0.3, 0.4) is 0 Å². The Hall–Kier alpha value is -4.92. The number of imide groups is 1. The number of unbranched alkanes of at least 4 members (excludes halogenated alkanes) is 8. The van der Waals surface area contributed by atoms with Crippen molar-refractivity contribution in [2.24, 2.45) is 0 Å². The Morgan fingerprint density at radius 2 is 0.807 bits per heavy atom. The Balaban J connectivity index is 0.000000380. The molecule has 5 aliphatic rings. The summed E-state index contributed by atoms with van der Waals surface area (Å²) >= 11 is 3.35. The van der Waals surface area contributed by atoms with Crippen molar-refractivity contribution in [3.8, 4) is 0 Å². The summed E-state index contributed by atoms with van der Waals surface area (Å²) in [5, 5.41) is 35.9.